The van der Waals surface area contributed by atoms with Gasteiger partial charge in [-0.15, -0.1) is 0 Å². The first-order chi connectivity index (χ1) is 2.00. The van der Waals surface area contributed by atoms with Crippen LogP contribution in [-0.4, -0.2) is 0 Å². The summed E-state index contributed by atoms with van der Waals surface area (Å²) in [5.74, 6) is 0. The van der Waals surface area contributed by atoms with E-state index in [1.165, 1.54) is 0 Å². The molecule has 0 aliphatic heterocycles. The van der Waals surface area contributed by atoms with E-state index in [1.807, 2.05) is 0 Å². The Labute approximate surface area is 67.1 Å². The van der Waals surface area contributed by atoms with E-state index in [-0.39, 0.29) is 39.7 Å². The molecular weight excluding hydrogens is 224 g/mol. The van der Waals surface area contributed by atoms with Gasteiger partial charge in [-0.25, -0.2) is 0 Å². The molecule has 0 heterocycles. The number of phosphoric acid groups is 1. The number of quaternary nitrogens is 1. The first-order valence-electron chi connectivity index (χ1n) is 0.730. The van der Waals surface area contributed by atoms with Crippen molar-refractivity contribution in [3.63, 3.8) is 0 Å². The molecule has 5 nitrogen and oxygen atoms in total. The minimum absolute atomic E-state index is 0. The zero-order chi connectivity index (χ0) is 4.50. The fourth-order valence-electron chi connectivity index (χ4n) is 0. The second kappa shape index (κ2) is 8.08. The molecule has 0 fully saturated rings. The third-order valence-electron chi connectivity index (χ3n) is 0. The summed E-state index contributed by atoms with van der Waals surface area (Å²) < 4.78 is 8.55. The Morgan fingerprint density at radius 1 is 1.12 bits per heavy atom. The van der Waals surface area contributed by atoms with E-state index >= 15 is 0 Å². The number of hydrogen-bond donors (Lipinski definition) is 1. The maximum Gasteiger partial charge on any atom is 2.00 e. The zero-order valence-electron chi connectivity index (χ0n) is 3.75. The topological polar surface area (TPSA) is 123 Å². The van der Waals surface area contributed by atoms with Gasteiger partial charge < -0.3 is 25.4 Å². The molecule has 0 aromatic rings. The molecule has 0 unspecified atom stereocenters. The van der Waals surface area contributed by atoms with Crippen LogP contribution < -0.4 is 20.8 Å². The largest absolute Gasteiger partial charge is 2.00 e. The standard InChI is InChI=1S/Fe.H3N.Ni.H3O4P/c;;;1-5(2,3)4/h;1H3;;(H3,1,2,3,4)/q+2;;+2;/p-2. The van der Waals surface area contributed by atoms with Crippen molar-refractivity contribution in [2.45, 2.75) is 0 Å². The summed E-state index contributed by atoms with van der Waals surface area (Å²) in [6, 6.07) is 0. The van der Waals surface area contributed by atoms with Gasteiger partial charge in [0.15, 0.2) is 0 Å². The van der Waals surface area contributed by atoms with Crippen molar-refractivity contribution in [2.24, 2.45) is 0 Å². The van der Waals surface area contributed by atoms with Crippen LogP contribution >= 0.6 is 7.82 Å². The van der Waals surface area contributed by atoms with Crippen molar-refractivity contribution < 1.29 is 52.8 Å². The molecule has 0 bridgehead atoms. The van der Waals surface area contributed by atoms with Crippen molar-refractivity contribution >= 4 is 7.82 Å². The van der Waals surface area contributed by atoms with Gasteiger partial charge in [0, 0.05) is 0 Å². The van der Waals surface area contributed by atoms with E-state index in [1.54, 1.807) is 0 Å². The van der Waals surface area contributed by atoms with E-state index in [9.17, 15) is 0 Å². The second-order valence-corrected chi connectivity index (χ2v) is 1.34. The third-order valence-corrected chi connectivity index (χ3v) is 0. The molecule has 0 amide bonds. The van der Waals surface area contributed by atoms with Crippen molar-refractivity contribution in [1.29, 1.82) is 0 Å². The second-order valence-electron chi connectivity index (χ2n) is 0.447. The maximum absolute atomic E-state index is 8.55. The van der Waals surface area contributed by atoms with Crippen molar-refractivity contribution in [3.8, 4) is 0 Å². The summed E-state index contributed by atoms with van der Waals surface area (Å²) in [4.78, 5) is 25.6. The van der Waals surface area contributed by atoms with Gasteiger partial charge in [-0.2, -0.15) is 7.82 Å². The van der Waals surface area contributed by atoms with Gasteiger partial charge >= 0.3 is 33.6 Å². The fraction of sp³-hybridized carbons (Fsp3) is 0. The van der Waals surface area contributed by atoms with Gasteiger partial charge in [-0.05, 0) is 0 Å². The molecule has 0 radical (unpaired) electrons. The summed E-state index contributed by atoms with van der Waals surface area (Å²) in [5.41, 5.74) is 0. The Morgan fingerprint density at radius 2 is 1.12 bits per heavy atom. The Kier molecular flexibility index (Phi) is 23.2. The SMILES string of the molecule is O=P([O-])([O-])[O-].[Fe+2].[NH4+].[Ni+2]. The van der Waals surface area contributed by atoms with Crippen LogP contribution in [0.1, 0.15) is 0 Å². The van der Waals surface area contributed by atoms with Crippen LogP contribution in [0.15, 0.2) is 0 Å². The van der Waals surface area contributed by atoms with E-state index in [4.69, 9.17) is 19.2 Å². The quantitative estimate of drug-likeness (QED) is 0.364. The van der Waals surface area contributed by atoms with Gasteiger partial charge in [0.2, 0.25) is 0 Å². The molecule has 0 atom stereocenters. The molecule has 0 aliphatic carbocycles. The normalized spacial score (nSPS) is 7.38. The summed E-state index contributed by atoms with van der Waals surface area (Å²) in [5, 5.41) is 0. The Hall–Kier alpha value is 1.08. The van der Waals surface area contributed by atoms with E-state index in [0.717, 1.165) is 0 Å². The molecule has 0 saturated carbocycles. The van der Waals surface area contributed by atoms with Crippen LogP contribution in [0.4, 0.5) is 0 Å². The molecule has 0 spiro atoms. The summed E-state index contributed by atoms with van der Waals surface area (Å²) in [7, 11) is -5.39. The molecule has 0 saturated heterocycles. The number of hydrogen-bond acceptors (Lipinski definition) is 4. The van der Waals surface area contributed by atoms with E-state index in [0.29, 0.717) is 0 Å². The van der Waals surface area contributed by atoms with Crippen LogP contribution in [0, 0.1) is 0 Å². The van der Waals surface area contributed by atoms with Gasteiger partial charge in [0.05, 0.1) is 0 Å². The molecule has 8 heavy (non-hydrogen) atoms. The van der Waals surface area contributed by atoms with E-state index < -0.39 is 7.82 Å². The average Bonchev–Trinajstić information content (AvgIpc) is 0.722. The summed E-state index contributed by atoms with van der Waals surface area (Å²) in [6.07, 6.45) is 0. The van der Waals surface area contributed by atoms with Crippen LogP contribution in [-0.2, 0) is 38.1 Å². The van der Waals surface area contributed by atoms with Gasteiger partial charge in [0.25, 0.3) is 0 Å². The molecule has 0 aliphatic rings. The molecule has 0 rings (SSSR count). The Balaban J connectivity index is -0.0000000267. The van der Waals surface area contributed by atoms with Crippen molar-refractivity contribution in [1.82, 2.24) is 6.15 Å². The maximum atomic E-state index is 8.55. The zero-order valence-corrected chi connectivity index (χ0v) is 6.74. The Morgan fingerprint density at radius 3 is 1.12 bits per heavy atom. The van der Waals surface area contributed by atoms with Crippen molar-refractivity contribution in [2.75, 3.05) is 0 Å². The molecule has 4 N–H and O–H groups in total. The minimum Gasteiger partial charge on any atom is -0.822 e. The molecule has 8 heteroatoms. The predicted molar refractivity (Wildman–Crippen MR) is 13.6 cm³/mol. The van der Waals surface area contributed by atoms with Gasteiger partial charge in [-0.3, -0.25) is 0 Å². The van der Waals surface area contributed by atoms with Crippen LogP contribution in [0.25, 0.3) is 0 Å². The third kappa shape index (κ3) is 223. The van der Waals surface area contributed by atoms with Gasteiger partial charge in [-0.1, -0.05) is 0 Å². The fourth-order valence-corrected chi connectivity index (χ4v) is 0. The Bertz CT molecular complexity index is 62.2. The first-order valence-corrected chi connectivity index (χ1v) is 2.19. The molecule has 54 valence electrons. The van der Waals surface area contributed by atoms with Gasteiger partial charge in [0.1, 0.15) is 0 Å². The smallest absolute Gasteiger partial charge is 0.822 e. The summed E-state index contributed by atoms with van der Waals surface area (Å²) in [6.45, 7) is 0. The van der Waals surface area contributed by atoms with Crippen LogP contribution in [0.5, 0.6) is 0 Å². The van der Waals surface area contributed by atoms with Crippen LogP contribution in [0.2, 0.25) is 0 Å². The molecule has 0 aromatic heterocycles. The first kappa shape index (κ1) is 23.0. The minimum atomic E-state index is -5.39. The average molecular weight is 228 g/mol. The van der Waals surface area contributed by atoms with Crippen molar-refractivity contribution in [3.05, 3.63) is 0 Å². The van der Waals surface area contributed by atoms with Crippen LogP contribution in [0.3, 0.4) is 0 Å². The monoisotopic (exact) mass is 227 g/mol. The predicted octanol–water partition coefficient (Wildman–Crippen LogP) is -2.45. The summed E-state index contributed by atoms with van der Waals surface area (Å²) >= 11 is 0. The van der Waals surface area contributed by atoms with E-state index in [2.05, 4.69) is 0 Å². The molecule has 0 aromatic carbocycles. The number of rotatable bonds is 0. The molecular formula is H4FeNNiO4P+2.